The molecule has 1 heterocycles. The van der Waals surface area contributed by atoms with Crippen LogP contribution in [0.2, 0.25) is 0 Å². The summed E-state index contributed by atoms with van der Waals surface area (Å²) in [6, 6.07) is 5.19. The molecule has 0 amide bonds. The van der Waals surface area contributed by atoms with Gasteiger partial charge in [0.25, 0.3) is 10.0 Å². The average molecular weight is 255 g/mol. The van der Waals surface area contributed by atoms with Crippen molar-refractivity contribution in [3.05, 3.63) is 42.5 Å². The summed E-state index contributed by atoms with van der Waals surface area (Å²) in [4.78, 5) is -0.385. The van der Waals surface area contributed by atoms with E-state index in [4.69, 9.17) is 0 Å². The number of rotatable bonds is 3. The lowest BCUT2D eigenvalue weighted by atomic mass is 10.4. The minimum Gasteiger partial charge on any atom is -0.276 e. The van der Waals surface area contributed by atoms with E-state index in [1.165, 1.54) is 35.3 Å². The van der Waals surface area contributed by atoms with Crippen molar-refractivity contribution in [2.24, 2.45) is 7.05 Å². The predicted octanol–water partition coefficient (Wildman–Crippen LogP) is 1.36. The van der Waals surface area contributed by atoms with Gasteiger partial charge >= 0.3 is 0 Å². The van der Waals surface area contributed by atoms with Gasteiger partial charge in [-0.05, 0) is 12.1 Å². The molecule has 0 spiro atoms. The molecule has 0 unspecified atom stereocenters. The molecular formula is C10H10FN3O2S. The van der Waals surface area contributed by atoms with Crippen molar-refractivity contribution in [2.75, 3.05) is 4.72 Å². The number of anilines is 1. The van der Waals surface area contributed by atoms with Gasteiger partial charge in [0, 0.05) is 13.2 Å². The molecule has 0 radical (unpaired) electrons. The minimum atomic E-state index is -3.91. The summed E-state index contributed by atoms with van der Waals surface area (Å²) < 4.78 is 40.7. The largest absolute Gasteiger partial charge is 0.276 e. The first-order chi connectivity index (χ1) is 7.99. The third-order valence-corrected chi connectivity index (χ3v) is 3.50. The van der Waals surface area contributed by atoms with Crippen LogP contribution in [-0.4, -0.2) is 18.2 Å². The smallest absolute Gasteiger partial charge is 0.264 e. The van der Waals surface area contributed by atoms with E-state index in [1.807, 2.05) is 0 Å². The van der Waals surface area contributed by atoms with E-state index in [0.29, 0.717) is 0 Å². The molecule has 17 heavy (non-hydrogen) atoms. The molecule has 0 aliphatic carbocycles. The summed E-state index contributed by atoms with van der Waals surface area (Å²) >= 11 is 0. The Labute approximate surface area is 97.9 Å². The van der Waals surface area contributed by atoms with E-state index in [-0.39, 0.29) is 10.6 Å². The molecule has 1 N–H and O–H groups in total. The second-order valence-electron chi connectivity index (χ2n) is 3.44. The van der Waals surface area contributed by atoms with Crippen molar-refractivity contribution in [3.8, 4) is 0 Å². The second kappa shape index (κ2) is 4.17. The van der Waals surface area contributed by atoms with Gasteiger partial charge in [0.15, 0.2) is 0 Å². The zero-order valence-electron chi connectivity index (χ0n) is 8.96. The van der Waals surface area contributed by atoms with Crippen molar-refractivity contribution >= 4 is 15.7 Å². The summed E-state index contributed by atoms with van der Waals surface area (Å²) in [6.45, 7) is 0. The van der Waals surface area contributed by atoms with Gasteiger partial charge < -0.3 is 0 Å². The van der Waals surface area contributed by atoms with Crippen LogP contribution in [0.5, 0.6) is 0 Å². The van der Waals surface area contributed by atoms with E-state index in [9.17, 15) is 12.8 Å². The third-order valence-electron chi connectivity index (χ3n) is 2.08. The summed E-state index contributed by atoms with van der Waals surface area (Å²) in [6.07, 6.45) is 2.83. The molecule has 2 aromatic rings. The molecule has 5 nitrogen and oxygen atoms in total. The molecule has 0 saturated heterocycles. The molecule has 0 aliphatic rings. The summed E-state index contributed by atoms with van der Waals surface area (Å²) in [7, 11) is -2.26. The number of sulfonamides is 1. The van der Waals surface area contributed by atoms with Gasteiger partial charge in [0.05, 0.1) is 11.9 Å². The summed E-state index contributed by atoms with van der Waals surface area (Å²) in [5, 5.41) is 3.81. The van der Waals surface area contributed by atoms with Crippen LogP contribution < -0.4 is 4.72 Å². The normalized spacial score (nSPS) is 11.4. The lowest BCUT2D eigenvalue weighted by molar-refractivity contribution is 0.570. The number of hydrogen-bond acceptors (Lipinski definition) is 3. The van der Waals surface area contributed by atoms with Gasteiger partial charge in [0.1, 0.15) is 10.7 Å². The van der Waals surface area contributed by atoms with Gasteiger partial charge in [0.2, 0.25) is 0 Å². The van der Waals surface area contributed by atoms with Crippen LogP contribution in [0.3, 0.4) is 0 Å². The van der Waals surface area contributed by atoms with Crippen LogP contribution >= 0.6 is 0 Å². The van der Waals surface area contributed by atoms with Gasteiger partial charge in [-0.1, -0.05) is 12.1 Å². The van der Waals surface area contributed by atoms with Gasteiger partial charge in [-0.25, -0.2) is 12.8 Å². The fourth-order valence-electron chi connectivity index (χ4n) is 1.35. The van der Waals surface area contributed by atoms with E-state index >= 15 is 0 Å². The fourth-order valence-corrected chi connectivity index (χ4v) is 2.45. The first-order valence-electron chi connectivity index (χ1n) is 4.75. The summed E-state index contributed by atoms with van der Waals surface area (Å²) in [5.74, 6) is -0.788. The zero-order chi connectivity index (χ0) is 12.5. The Bertz CT molecular complexity index is 637. The van der Waals surface area contributed by atoms with Crippen molar-refractivity contribution in [3.63, 3.8) is 0 Å². The Morgan fingerprint density at radius 2 is 2.06 bits per heavy atom. The number of hydrogen-bond donors (Lipinski definition) is 1. The average Bonchev–Trinajstić information content (AvgIpc) is 2.63. The number of aromatic nitrogens is 2. The van der Waals surface area contributed by atoms with Crippen LogP contribution in [0.1, 0.15) is 0 Å². The Morgan fingerprint density at radius 1 is 1.35 bits per heavy atom. The minimum absolute atomic E-state index is 0.288. The van der Waals surface area contributed by atoms with E-state index in [0.717, 1.165) is 6.07 Å². The Morgan fingerprint density at radius 3 is 2.65 bits per heavy atom. The molecule has 90 valence electrons. The number of halogens is 1. The third kappa shape index (κ3) is 2.44. The lowest BCUT2D eigenvalue weighted by Gasteiger charge is -2.06. The van der Waals surface area contributed by atoms with Crippen molar-refractivity contribution in [1.82, 2.24) is 9.78 Å². The number of nitrogens with one attached hydrogen (secondary N) is 1. The Hall–Kier alpha value is -1.89. The molecule has 0 aliphatic heterocycles. The SMILES string of the molecule is Cn1cc(NS(=O)(=O)c2ccccc2F)cn1. The van der Waals surface area contributed by atoms with Gasteiger partial charge in [-0.15, -0.1) is 0 Å². The Balaban J connectivity index is 2.35. The highest BCUT2D eigenvalue weighted by molar-refractivity contribution is 7.92. The van der Waals surface area contributed by atoms with E-state index in [2.05, 4.69) is 9.82 Å². The van der Waals surface area contributed by atoms with Gasteiger partial charge in [-0.2, -0.15) is 5.10 Å². The number of aryl methyl sites for hydroxylation is 1. The van der Waals surface area contributed by atoms with Crippen LogP contribution in [0.4, 0.5) is 10.1 Å². The molecule has 2 rings (SSSR count). The quantitative estimate of drug-likeness (QED) is 0.900. The molecule has 1 aromatic carbocycles. The molecule has 1 aromatic heterocycles. The van der Waals surface area contributed by atoms with E-state index < -0.39 is 15.8 Å². The van der Waals surface area contributed by atoms with Crippen LogP contribution in [0, 0.1) is 5.82 Å². The fraction of sp³-hybridized carbons (Fsp3) is 0.100. The molecule has 0 bridgehead atoms. The first kappa shape index (κ1) is 11.6. The zero-order valence-corrected chi connectivity index (χ0v) is 9.78. The van der Waals surface area contributed by atoms with Crippen LogP contribution in [0.25, 0.3) is 0 Å². The second-order valence-corrected chi connectivity index (χ2v) is 5.09. The maximum absolute atomic E-state index is 13.4. The molecule has 0 saturated carbocycles. The van der Waals surface area contributed by atoms with Crippen molar-refractivity contribution in [2.45, 2.75) is 4.90 Å². The molecular weight excluding hydrogens is 245 g/mol. The summed E-state index contributed by atoms with van der Waals surface area (Å²) in [5.41, 5.74) is 0.288. The van der Waals surface area contributed by atoms with Crippen LogP contribution in [0.15, 0.2) is 41.6 Å². The first-order valence-corrected chi connectivity index (χ1v) is 6.23. The lowest BCUT2D eigenvalue weighted by Crippen LogP contribution is -2.14. The maximum atomic E-state index is 13.4. The monoisotopic (exact) mass is 255 g/mol. The van der Waals surface area contributed by atoms with Crippen molar-refractivity contribution in [1.29, 1.82) is 0 Å². The molecule has 0 fully saturated rings. The standard InChI is InChI=1S/C10H10FN3O2S/c1-14-7-8(6-12-14)13-17(15,16)10-5-3-2-4-9(10)11/h2-7,13H,1H3. The molecule has 7 heteroatoms. The highest BCUT2D eigenvalue weighted by Gasteiger charge is 2.18. The predicted molar refractivity (Wildman–Crippen MR) is 60.4 cm³/mol. The topological polar surface area (TPSA) is 64.0 Å². The molecule has 0 atom stereocenters. The number of nitrogens with zero attached hydrogens (tertiary/aromatic N) is 2. The number of benzene rings is 1. The Kier molecular flexibility index (Phi) is 2.84. The highest BCUT2D eigenvalue weighted by Crippen LogP contribution is 2.17. The maximum Gasteiger partial charge on any atom is 0.264 e. The van der Waals surface area contributed by atoms with Gasteiger partial charge in [-0.3, -0.25) is 9.40 Å². The van der Waals surface area contributed by atoms with Crippen molar-refractivity contribution < 1.29 is 12.8 Å². The van der Waals surface area contributed by atoms with E-state index in [1.54, 1.807) is 7.05 Å². The van der Waals surface area contributed by atoms with Crippen LogP contribution in [-0.2, 0) is 17.1 Å². The highest BCUT2D eigenvalue weighted by atomic mass is 32.2.